The minimum absolute atomic E-state index is 0.0757. The topological polar surface area (TPSA) is 88.8 Å². The van der Waals surface area contributed by atoms with Crippen molar-refractivity contribution in [2.75, 3.05) is 20.2 Å². The van der Waals surface area contributed by atoms with Crippen LogP contribution < -0.4 is 10.6 Å². The molecule has 0 saturated carbocycles. The van der Waals surface area contributed by atoms with Gasteiger partial charge >= 0.3 is 5.97 Å². The van der Waals surface area contributed by atoms with Gasteiger partial charge in [-0.25, -0.2) is 9.98 Å². The summed E-state index contributed by atoms with van der Waals surface area (Å²) in [5.74, 6) is 1.50. The number of nitrogens with zero attached hydrogens (tertiary/aromatic N) is 2. The number of esters is 1. The van der Waals surface area contributed by atoms with Gasteiger partial charge in [-0.2, -0.15) is 0 Å². The van der Waals surface area contributed by atoms with Gasteiger partial charge in [0.05, 0.1) is 19.2 Å². The van der Waals surface area contributed by atoms with E-state index in [2.05, 4.69) is 41.4 Å². The fourth-order valence-electron chi connectivity index (χ4n) is 1.75. The molecule has 1 heterocycles. The van der Waals surface area contributed by atoms with Crippen molar-refractivity contribution >= 4 is 11.9 Å². The smallest absolute Gasteiger partial charge is 0.310 e. The summed E-state index contributed by atoms with van der Waals surface area (Å²) in [6.07, 6.45) is 1.74. The molecule has 1 rings (SSSR count). The van der Waals surface area contributed by atoms with E-state index in [0.29, 0.717) is 24.9 Å². The number of hydrogen-bond donors (Lipinski definition) is 2. The van der Waals surface area contributed by atoms with Crippen molar-refractivity contribution in [3.8, 4) is 0 Å². The van der Waals surface area contributed by atoms with Crippen molar-refractivity contribution in [3.05, 3.63) is 17.8 Å². The molecule has 7 heteroatoms. The van der Waals surface area contributed by atoms with Gasteiger partial charge in [0.1, 0.15) is 12.3 Å². The first-order valence-electron chi connectivity index (χ1n) is 7.83. The molecule has 7 nitrogen and oxygen atoms in total. The van der Waals surface area contributed by atoms with Crippen molar-refractivity contribution < 1.29 is 13.9 Å². The molecule has 1 unspecified atom stereocenters. The van der Waals surface area contributed by atoms with Crippen LogP contribution in [0.2, 0.25) is 0 Å². The lowest BCUT2D eigenvalue weighted by Crippen LogP contribution is -2.40. The highest BCUT2D eigenvalue weighted by atomic mass is 16.5. The maximum Gasteiger partial charge on any atom is 0.310 e. The van der Waals surface area contributed by atoms with E-state index >= 15 is 0 Å². The highest BCUT2D eigenvalue weighted by Gasteiger charge is 2.19. The van der Waals surface area contributed by atoms with Gasteiger partial charge in [0.25, 0.3) is 0 Å². The van der Waals surface area contributed by atoms with Crippen LogP contribution in [-0.2, 0) is 21.5 Å². The Bertz CT molecular complexity index is 532. The summed E-state index contributed by atoms with van der Waals surface area (Å²) in [6.45, 7) is 11.5. The summed E-state index contributed by atoms with van der Waals surface area (Å²) in [4.78, 5) is 20.1. The van der Waals surface area contributed by atoms with Crippen LogP contribution >= 0.6 is 0 Å². The lowest BCUT2D eigenvalue weighted by Gasteiger charge is -2.14. The SMILES string of the molecule is CCNC(=NCc1ncc(C(C)(C)C)o1)NCC(C)C(=O)OC. The highest BCUT2D eigenvalue weighted by Crippen LogP contribution is 2.22. The first-order chi connectivity index (χ1) is 10.8. The minimum atomic E-state index is -0.254. The van der Waals surface area contributed by atoms with Gasteiger partial charge in [-0.05, 0) is 6.92 Å². The number of oxazole rings is 1. The summed E-state index contributed by atoms with van der Waals surface area (Å²) in [7, 11) is 1.38. The lowest BCUT2D eigenvalue weighted by atomic mass is 9.94. The molecule has 0 fully saturated rings. The van der Waals surface area contributed by atoms with Crippen LogP contribution in [0.5, 0.6) is 0 Å². The number of aliphatic imine (C=N–C) groups is 1. The summed E-state index contributed by atoms with van der Waals surface area (Å²) in [6, 6.07) is 0. The zero-order valence-corrected chi connectivity index (χ0v) is 14.9. The van der Waals surface area contributed by atoms with E-state index in [1.165, 1.54) is 7.11 Å². The zero-order valence-electron chi connectivity index (χ0n) is 14.9. The molecule has 1 atom stereocenters. The van der Waals surface area contributed by atoms with E-state index in [1.54, 1.807) is 13.1 Å². The quantitative estimate of drug-likeness (QED) is 0.471. The normalized spacial score (nSPS) is 13.6. The number of carbonyl (C=O) groups excluding carboxylic acids is 1. The van der Waals surface area contributed by atoms with Gasteiger partial charge in [0, 0.05) is 18.5 Å². The largest absolute Gasteiger partial charge is 0.469 e. The summed E-state index contributed by atoms with van der Waals surface area (Å²) >= 11 is 0. The van der Waals surface area contributed by atoms with Crippen LogP contribution in [0.3, 0.4) is 0 Å². The number of carbonyl (C=O) groups is 1. The Balaban J connectivity index is 2.64. The van der Waals surface area contributed by atoms with Gasteiger partial charge in [-0.1, -0.05) is 27.7 Å². The predicted octanol–water partition coefficient (Wildman–Crippen LogP) is 1.84. The van der Waals surface area contributed by atoms with Crippen molar-refractivity contribution in [3.63, 3.8) is 0 Å². The van der Waals surface area contributed by atoms with Crippen molar-refractivity contribution in [1.29, 1.82) is 0 Å². The van der Waals surface area contributed by atoms with Crippen LogP contribution in [0.4, 0.5) is 0 Å². The molecule has 0 aromatic carbocycles. The molecule has 0 amide bonds. The third-order valence-corrected chi connectivity index (χ3v) is 3.19. The molecule has 0 aliphatic heterocycles. The predicted molar refractivity (Wildman–Crippen MR) is 89.2 cm³/mol. The first-order valence-corrected chi connectivity index (χ1v) is 7.83. The van der Waals surface area contributed by atoms with E-state index in [-0.39, 0.29) is 17.3 Å². The first kappa shape index (κ1) is 19.0. The Morgan fingerprint density at radius 1 is 1.43 bits per heavy atom. The van der Waals surface area contributed by atoms with Crippen LogP contribution in [0, 0.1) is 5.92 Å². The van der Waals surface area contributed by atoms with Crippen molar-refractivity contribution in [2.45, 2.75) is 46.6 Å². The van der Waals surface area contributed by atoms with Gasteiger partial charge in [0.15, 0.2) is 5.96 Å². The number of aromatic nitrogens is 1. The third kappa shape index (κ3) is 6.30. The van der Waals surface area contributed by atoms with Crippen molar-refractivity contribution in [1.82, 2.24) is 15.6 Å². The molecular formula is C16H28N4O3. The summed E-state index contributed by atoms with van der Waals surface area (Å²) < 4.78 is 10.4. The van der Waals surface area contributed by atoms with Crippen molar-refractivity contribution in [2.24, 2.45) is 10.9 Å². The Hall–Kier alpha value is -2.05. The maximum atomic E-state index is 11.4. The van der Waals surface area contributed by atoms with Crippen LogP contribution in [-0.4, -0.2) is 37.1 Å². The summed E-state index contributed by atoms with van der Waals surface area (Å²) in [5, 5.41) is 6.23. The summed E-state index contributed by atoms with van der Waals surface area (Å²) in [5.41, 5.74) is -0.0757. The highest BCUT2D eigenvalue weighted by molar-refractivity contribution is 5.80. The lowest BCUT2D eigenvalue weighted by molar-refractivity contribution is -0.144. The molecule has 2 N–H and O–H groups in total. The third-order valence-electron chi connectivity index (χ3n) is 3.19. The van der Waals surface area contributed by atoms with Gasteiger partial charge < -0.3 is 19.8 Å². The number of hydrogen-bond acceptors (Lipinski definition) is 5. The molecule has 0 saturated heterocycles. The molecule has 0 aliphatic rings. The second kappa shape index (κ2) is 8.55. The van der Waals surface area contributed by atoms with E-state index < -0.39 is 0 Å². The zero-order chi connectivity index (χ0) is 17.5. The van der Waals surface area contributed by atoms with E-state index in [9.17, 15) is 4.79 Å². The Labute approximate surface area is 137 Å². The van der Waals surface area contributed by atoms with Gasteiger partial charge in [-0.15, -0.1) is 0 Å². The van der Waals surface area contributed by atoms with Crippen LogP contribution in [0.25, 0.3) is 0 Å². The second-order valence-electron chi connectivity index (χ2n) is 6.37. The average Bonchev–Trinajstić information content (AvgIpc) is 2.98. The number of rotatable bonds is 6. The molecule has 1 aromatic rings. The van der Waals surface area contributed by atoms with E-state index in [4.69, 9.17) is 9.15 Å². The maximum absolute atomic E-state index is 11.4. The van der Waals surface area contributed by atoms with Crippen LogP contribution in [0.1, 0.15) is 46.3 Å². The van der Waals surface area contributed by atoms with E-state index in [0.717, 1.165) is 12.3 Å². The van der Waals surface area contributed by atoms with Gasteiger partial charge in [0.2, 0.25) is 5.89 Å². The molecular weight excluding hydrogens is 296 g/mol. The second-order valence-corrected chi connectivity index (χ2v) is 6.37. The van der Waals surface area contributed by atoms with E-state index in [1.807, 2.05) is 6.92 Å². The number of methoxy groups -OCH3 is 1. The Morgan fingerprint density at radius 3 is 2.65 bits per heavy atom. The Morgan fingerprint density at radius 2 is 2.13 bits per heavy atom. The number of guanidine groups is 1. The van der Waals surface area contributed by atoms with Crippen LogP contribution in [0.15, 0.2) is 15.6 Å². The standard InChI is InChI=1S/C16H28N4O3/c1-7-17-15(19-8-11(2)14(21)22-6)20-10-13-18-9-12(23-13)16(3,4)5/h9,11H,7-8,10H2,1-6H3,(H2,17,19,20). The molecule has 0 aliphatic carbocycles. The minimum Gasteiger partial charge on any atom is -0.469 e. The molecule has 23 heavy (non-hydrogen) atoms. The molecule has 0 spiro atoms. The molecule has 0 bridgehead atoms. The molecule has 130 valence electrons. The Kier molecular flexibility index (Phi) is 7.06. The number of nitrogens with one attached hydrogen (secondary N) is 2. The fourth-order valence-corrected chi connectivity index (χ4v) is 1.75. The fraction of sp³-hybridized carbons (Fsp3) is 0.688. The van der Waals surface area contributed by atoms with Gasteiger partial charge in [-0.3, -0.25) is 4.79 Å². The monoisotopic (exact) mass is 324 g/mol. The molecule has 0 radical (unpaired) electrons. The molecule has 1 aromatic heterocycles. The number of ether oxygens (including phenoxy) is 1. The average molecular weight is 324 g/mol.